The Morgan fingerprint density at radius 2 is 0.625 bits per heavy atom. The van der Waals surface area contributed by atoms with Crippen molar-refractivity contribution < 1.29 is 19.7 Å². The molecule has 72 heavy (non-hydrogen) atoms. The van der Waals surface area contributed by atoms with Crippen LogP contribution in [0, 0.1) is 0 Å². The Balaban J connectivity index is 1.27. The van der Waals surface area contributed by atoms with Gasteiger partial charge in [-0.15, -0.1) is 0 Å². The molecule has 2 aliphatic heterocycles. The molecule has 0 saturated carbocycles. The summed E-state index contributed by atoms with van der Waals surface area (Å²) in [7, 11) is 0. The Kier molecular flexibility index (Phi) is 10.4. The molecular weight excluding hydrogens is 897 g/mol. The van der Waals surface area contributed by atoms with Crippen molar-refractivity contribution in [2.75, 3.05) is 0 Å². The number of aromatic nitrogens is 8. The average molecular weight is 955 g/mol. The first kappa shape index (κ1) is 46.3. The summed E-state index contributed by atoms with van der Waals surface area (Å²) in [6, 6.07) is 35.3. The van der Waals surface area contributed by atoms with Crippen LogP contribution in [0.5, 0.6) is 34.5 Å². The topological polar surface area (TPSA) is 168 Å². The summed E-state index contributed by atoms with van der Waals surface area (Å²) in [6.45, 7) is 25.0. The Morgan fingerprint density at radius 1 is 0.333 bits per heavy atom. The summed E-state index contributed by atoms with van der Waals surface area (Å²) in [4.78, 5) is 38.3. The number of nitrogens with one attached hydrogen (secondary N) is 2. The monoisotopic (exact) mass is 954 g/mol. The molecule has 6 aromatic carbocycles. The first-order valence-electron chi connectivity index (χ1n) is 24.4. The lowest BCUT2D eigenvalue weighted by atomic mass is 9.81. The van der Waals surface area contributed by atoms with Crippen LogP contribution in [-0.4, -0.2) is 50.1 Å². The lowest BCUT2D eigenvalue weighted by Gasteiger charge is -2.29. The molecule has 3 aromatic heterocycles. The van der Waals surface area contributed by atoms with Gasteiger partial charge in [0.05, 0.1) is 0 Å². The Hall–Kier alpha value is -8.12. The minimum atomic E-state index is -0.435. The summed E-state index contributed by atoms with van der Waals surface area (Å²) in [5, 5.41) is 26.2. The molecule has 0 aliphatic carbocycles. The highest BCUT2D eigenvalue weighted by atomic mass is 16.5. The van der Waals surface area contributed by atoms with Gasteiger partial charge in [0.25, 0.3) is 0 Å². The third-order valence-electron chi connectivity index (χ3n) is 13.5. The molecule has 11 rings (SSSR count). The van der Waals surface area contributed by atoms with Crippen molar-refractivity contribution in [3.05, 3.63) is 131 Å². The molecule has 8 bridgehead atoms. The van der Waals surface area contributed by atoms with Crippen molar-refractivity contribution in [1.82, 2.24) is 39.9 Å². The van der Waals surface area contributed by atoms with Gasteiger partial charge in [0.15, 0.2) is 34.8 Å². The van der Waals surface area contributed by atoms with Gasteiger partial charge >= 0.3 is 0 Å². The van der Waals surface area contributed by atoms with Crippen LogP contribution >= 0.6 is 0 Å². The molecule has 5 heterocycles. The minimum Gasteiger partial charge on any atom is -0.508 e. The molecule has 12 nitrogen and oxygen atoms in total. The largest absolute Gasteiger partial charge is 0.508 e. The maximum atomic E-state index is 11.5. The normalized spacial score (nSPS) is 12.8. The van der Waals surface area contributed by atoms with Gasteiger partial charge < -0.3 is 29.7 Å². The number of phenols is 2. The van der Waals surface area contributed by atoms with Gasteiger partial charge in [-0.05, 0) is 58.1 Å². The molecule has 0 spiro atoms. The van der Waals surface area contributed by atoms with Crippen LogP contribution in [0.4, 0.5) is 0 Å². The van der Waals surface area contributed by atoms with Crippen molar-refractivity contribution in [2.24, 2.45) is 0 Å². The van der Waals surface area contributed by atoms with E-state index in [-0.39, 0.29) is 11.5 Å². The van der Waals surface area contributed by atoms with E-state index in [2.05, 4.69) is 93.1 Å². The fourth-order valence-corrected chi connectivity index (χ4v) is 9.72. The number of H-pyrrole nitrogens is 2. The molecule has 0 atom stereocenters. The van der Waals surface area contributed by atoms with E-state index in [1.165, 1.54) is 0 Å². The minimum absolute atomic E-state index is 0.198. The second-order valence-corrected chi connectivity index (χ2v) is 23.0. The SMILES string of the molecule is CC(C)(C)c1cc(Oc2cc3c4nc5nc(nc6[nH]c(nc7nc(nc([nH]4)c3cc2Oc2cc(C(C)(C)C)c(O)cc2C(C)(C)C)-c2ccccc2-7)c2ccccc62)-c2ccccc2-5)c(C(C)(C)C)cc1O. The van der Waals surface area contributed by atoms with E-state index in [1.807, 2.05) is 109 Å². The van der Waals surface area contributed by atoms with E-state index in [9.17, 15) is 10.2 Å². The number of aromatic hydroxyl groups is 2. The van der Waals surface area contributed by atoms with Crippen molar-refractivity contribution in [3.8, 4) is 80.0 Å². The van der Waals surface area contributed by atoms with Crippen molar-refractivity contribution in [3.63, 3.8) is 0 Å². The van der Waals surface area contributed by atoms with E-state index in [4.69, 9.17) is 39.4 Å². The predicted octanol–water partition coefficient (Wildman–Crippen LogP) is 15.1. The molecular formula is C60H58N8O4. The van der Waals surface area contributed by atoms with Crippen LogP contribution in [0.2, 0.25) is 0 Å². The van der Waals surface area contributed by atoms with Crippen LogP contribution in [0.1, 0.15) is 105 Å². The number of fused-ring (bicyclic) bond motifs is 20. The second-order valence-electron chi connectivity index (χ2n) is 23.0. The average Bonchev–Trinajstić information content (AvgIpc) is 4.04. The highest BCUT2D eigenvalue weighted by Gasteiger charge is 2.31. The van der Waals surface area contributed by atoms with Crippen molar-refractivity contribution in [2.45, 2.75) is 105 Å². The van der Waals surface area contributed by atoms with Gasteiger partial charge in [0, 0.05) is 66.1 Å². The zero-order valence-electron chi connectivity index (χ0n) is 42.8. The molecule has 0 fully saturated rings. The van der Waals surface area contributed by atoms with E-state index in [0.29, 0.717) is 79.7 Å². The van der Waals surface area contributed by atoms with Gasteiger partial charge in [0.1, 0.15) is 45.6 Å². The summed E-state index contributed by atoms with van der Waals surface area (Å²) >= 11 is 0. The Labute approximate surface area is 418 Å². The van der Waals surface area contributed by atoms with Crippen molar-refractivity contribution >= 4 is 44.1 Å². The maximum Gasteiger partial charge on any atom is 0.170 e. The molecule has 0 amide bonds. The summed E-state index contributed by atoms with van der Waals surface area (Å²) < 4.78 is 14.4. The molecule has 0 radical (unpaired) electrons. The number of rotatable bonds is 4. The van der Waals surface area contributed by atoms with Crippen LogP contribution in [0.3, 0.4) is 0 Å². The second kappa shape index (κ2) is 16.2. The zero-order valence-corrected chi connectivity index (χ0v) is 42.8. The van der Waals surface area contributed by atoms with E-state index >= 15 is 0 Å². The fraction of sp³-hybridized carbons (Fsp3) is 0.267. The molecule has 362 valence electrons. The summed E-state index contributed by atoms with van der Waals surface area (Å²) in [5.41, 5.74) is 6.88. The van der Waals surface area contributed by atoms with Gasteiger partial charge in [-0.25, -0.2) is 29.9 Å². The maximum absolute atomic E-state index is 11.5. The van der Waals surface area contributed by atoms with Crippen LogP contribution in [-0.2, 0) is 21.7 Å². The van der Waals surface area contributed by atoms with Gasteiger partial charge in [-0.1, -0.05) is 156 Å². The van der Waals surface area contributed by atoms with Crippen LogP contribution < -0.4 is 9.47 Å². The Bertz CT molecular complexity index is 3650. The zero-order chi connectivity index (χ0) is 50.8. The third kappa shape index (κ3) is 8.04. The molecule has 9 aromatic rings. The Morgan fingerprint density at radius 3 is 0.931 bits per heavy atom. The van der Waals surface area contributed by atoms with Crippen LogP contribution in [0.25, 0.3) is 89.7 Å². The first-order chi connectivity index (χ1) is 34.0. The quantitative estimate of drug-likeness (QED) is 0.133. The van der Waals surface area contributed by atoms with Gasteiger partial charge in [-0.2, -0.15) is 0 Å². The smallest absolute Gasteiger partial charge is 0.170 e. The van der Waals surface area contributed by atoms with Crippen LogP contribution in [0.15, 0.2) is 109 Å². The number of hydrogen-bond donors (Lipinski definition) is 4. The van der Waals surface area contributed by atoms with Gasteiger partial charge in [-0.3, -0.25) is 0 Å². The number of nitrogens with zero attached hydrogens (tertiary/aromatic N) is 6. The fourth-order valence-electron chi connectivity index (χ4n) is 9.72. The lowest BCUT2D eigenvalue weighted by Crippen LogP contribution is -2.17. The third-order valence-corrected chi connectivity index (χ3v) is 13.5. The number of phenolic OH excluding ortho intramolecular Hbond substituents is 2. The molecule has 12 heteroatoms. The molecule has 2 aliphatic rings. The number of hydrogen-bond acceptors (Lipinski definition) is 10. The number of aromatic amines is 2. The summed E-state index contributed by atoms with van der Waals surface area (Å²) in [6.07, 6.45) is 0. The first-order valence-corrected chi connectivity index (χ1v) is 24.4. The lowest BCUT2D eigenvalue weighted by molar-refractivity contribution is 0.392. The predicted molar refractivity (Wildman–Crippen MR) is 287 cm³/mol. The van der Waals surface area contributed by atoms with Gasteiger partial charge in [0.2, 0.25) is 0 Å². The van der Waals surface area contributed by atoms with E-state index in [0.717, 1.165) is 55.3 Å². The highest BCUT2D eigenvalue weighted by Crippen LogP contribution is 2.49. The molecule has 0 unspecified atom stereocenters. The standard InChI is InChI=1S/C60H58N8O4/c1-57(2,3)39-29-45(41(27-43(39)69)59(7,8)9)71-47-25-37-38(26-48(47)72-46-30-40(58(4,5)6)44(70)28-42(46)60(10,11)12)56-67-54-36-24-18-16-22-34(36)52(65-54)63-50-32-20-14-13-19-31(32)49(61-50)62-51-33-21-15-17-23-35(33)53(64-51)66-55(37)68-56/h13-30,69-70H,1-12H3,(H2,61,62,63,64,65,66,67,68). The summed E-state index contributed by atoms with van der Waals surface area (Å²) in [5.74, 6) is 4.24. The van der Waals surface area contributed by atoms with Crippen molar-refractivity contribution in [1.29, 1.82) is 0 Å². The molecule has 0 saturated heterocycles. The number of benzene rings is 6. The van der Waals surface area contributed by atoms with E-state index in [1.54, 1.807) is 0 Å². The molecule has 4 N–H and O–H groups in total. The number of ether oxygens (including phenoxy) is 2. The highest BCUT2D eigenvalue weighted by molar-refractivity contribution is 6.07. The van der Waals surface area contributed by atoms with E-state index < -0.39 is 21.7 Å².